The maximum atomic E-state index is 13.1. The number of nitrogens with zero attached hydrogens (tertiary/aromatic N) is 7. The fourth-order valence-corrected chi connectivity index (χ4v) is 5.42. The molecule has 2 atom stereocenters. The predicted molar refractivity (Wildman–Crippen MR) is 144 cm³/mol. The molecule has 3 aliphatic heterocycles. The summed E-state index contributed by atoms with van der Waals surface area (Å²) >= 11 is 0. The molecule has 3 aliphatic rings. The fourth-order valence-electron chi connectivity index (χ4n) is 5.42. The van der Waals surface area contributed by atoms with Crippen molar-refractivity contribution in [2.45, 2.75) is 44.9 Å². The van der Waals surface area contributed by atoms with Crippen LogP contribution in [0.5, 0.6) is 5.75 Å². The number of hydrogen-bond donors (Lipinski definition) is 1. The molecule has 4 aromatic rings. The Morgan fingerprint density at radius 1 is 1.18 bits per heavy atom. The number of fused-ring (bicyclic) bond motifs is 3. The van der Waals surface area contributed by atoms with E-state index in [-0.39, 0.29) is 24.6 Å². The van der Waals surface area contributed by atoms with Gasteiger partial charge in [-0.25, -0.2) is 9.50 Å². The molecule has 2 unspecified atom stereocenters. The van der Waals surface area contributed by atoms with E-state index in [1.54, 1.807) is 43.2 Å². The highest BCUT2D eigenvalue weighted by Crippen LogP contribution is 2.36. The fraction of sp³-hybridized carbons (Fsp3) is 0.345. The lowest BCUT2D eigenvalue weighted by Gasteiger charge is -2.56. The average molecular weight is 524 g/mol. The summed E-state index contributed by atoms with van der Waals surface area (Å²) in [4.78, 5) is 26.2. The van der Waals surface area contributed by atoms with Gasteiger partial charge in [-0.15, -0.1) is 0 Å². The van der Waals surface area contributed by atoms with Gasteiger partial charge in [0.1, 0.15) is 24.2 Å². The number of anilines is 1. The number of aromatic nitrogens is 4. The summed E-state index contributed by atoms with van der Waals surface area (Å²) in [5, 5.41) is 24.0. The van der Waals surface area contributed by atoms with Gasteiger partial charge in [-0.2, -0.15) is 10.4 Å². The molecule has 7 rings (SSSR count). The second-order valence-electron chi connectivity index (χ2n) is 11.0. The van der Waals surface area contributed by atoms with Gasteiger partial charge in [0, 0.05) is 42.8 Å². The van der Waals surface area contributed by atoms with Crippen molar-refractivity contribution in [1.82, 2.24) is 24.5 Å². The summed E-state index contributed by atoms with van der Waals surface area (Å²) in [6, 6.07) is 10.2. The van der Waals surface area contributed by atoms with Gasteiger partial charge in [0.05, 0.1) is 46.7 Å². The number of ether oxygens (including phenoxy) is 1. The zero-order chi connectivity index (χ0) is 27.3. The van der Waals surface area contributed by atoms with Gasteiger partial charge < -0.3 is 19.6 Å². The molecule has 39 heavy (non-hydrogen) atoms. The predicted octanol–water partition coefficient (Wildman–Crippen LogP) is 3.22. The highest BCUT2D eigenvalue weighted by Gasteiger charge is 2.47. The summed E-state index contributed by atoms with van der Waals surface area (Å²) in [5.41, 5.74) is 3.32. The Hall–Kier alpha value is -4.49. The lowest BCUT2D eigenvalue weighted by atomic mass is 9.86. The van der Waals surface area contributed by atoms with Gasteiger partial charge in [0.25, 0.3) is 5.91 Å². The molecule has 2 bridgehead atoms. The minimum Gasteiger partial charge on any atom is -0.489 e. The standard InChI is InChI=1S/C29H29N7O3/c1-18-6-20(11-31-10-18)28(37)36-22-7-23(36)15-34(14-22)26-5-4-19(12-32-26)25-8-24(39-17-29(2,3)38)16-35-27(25)21(9-30)13-33-35/h4-6,8,10-13,16,22-23,38H,7,14-15,17H2,1-3H3. The smallest absolute Gasteiger partial charge is 0.256 e. The van der Waals surface area contributed by atoms with Crippen molar-refractivity contribution < 1.29 is 14.6 Å². The van der Waals surface area contributed by atoms with Gasteiger partial charge >= 0.3 is 0 Å². The SMILES string of the molecule is Cc1cncc(C(=O)N2C3CC2CN(c2ccc(-c4cc(OCC(C)(C)O)cn5ncc(C#N)c45)cn2)C3)c1. The third-order valence-corrected chi connectivity index (χ3v) is 7.23. The molecule has 3 fully saturated rings. The second kappa shape index (κ2) is 9.36. The van der Waals surface area contributed by atoms with Crippen molar-refractivity contribution in [1.29, 1.82) is 5.26 Å². The van der Waals surface area contributed by atoms with E-state index < -0.39 is 5.60 Å². The third kappa shape index (κ3) is 4.66. The Bertz CT molecular complexity index is 1590. The van der Waals surface area contributed by atoms with Crippen LogP contribution in [0.4, 0.5) is 5.82 Å². The van der Waals surface area contributed by atoms with E-state index in [0.29, 0.717) is 22.4 Å². The highest BCUT2D eigenvalue weighted by atomic mass is 16.5. The first-order valence-corrected chi connectivity index (χ1v) is 12.9. The monoisotopic (exact) mass is 523 g/mol. The van der Waals surface area contributed by atoms with Crippen LogP contribution in [0.25, 0.3) is 16.6 Å². The first-order chi connectivity index (χ1) is 18.7. The Morgan fingerprint density at radius 2 is 1.97 bits per heavy atom. The van der Waals surface area contributed by atoms with Gasteiger partial charge in [0.15, 0.2) is 0 Å². The molecule has 0 saturated carbocycles. The first kappa shape index (κ1) is 24.8. The van der Waals surface area contributed by atoms with Crippen LogP contribution in [-0.4, -0.2) is 72.9 Å². The van der Waals surface area contributed by atoms with Crippen LogP contribution >= 0.6 is 0 Å². The molecular formula is C29H29N7O3. The topological polar surface area (TPSA) is 120 Å². The summed E-state index contributed by atoms with van der Waals surface area (Å²) in [5.74, 6) is 1.42. The van der Waals surface area contributed by atoms with Crippen molar-refractivity contribution in [2.24, 2.45) is 0 Å². The molecule has 198 valence electrons. The quantitative estimate of drug-likeness (QED) is 0.409. The molecule has 0 spiro atoms. The first-order valence-electron chi connectivity index (χ1n) is 12.9. The number of piperazine rings is 1. The molecule has 1 N–H and O–H groups in total. The Labute approximate surface area is 226 Å². The number of pyridine rings is 3. The largest absolute Gasteiger partial charge is 0.489 e. The van der Waals surface area contributed by atoms with Crippen LogP contribution in [0, 0.1) is 18.3 Å². The van der Waals surface area contributed by atoms with Gasteiger partial charge in [0.2, 0.25) is 0 Å². The van der Waals surface area contributed by atoms with Crippen LogP contribution in [0.3, 0.4) is 0 Å². The zero-order valence-corrected chi connectivity index (χ0v) is 22.1. The number of nitriles is 1. The van der Waals surface area contributed by atoms with E-state index in [0.717, 1.165) is 42.0 Å². The number of carbonyl (C=O) groups is 1. The molecule has 3 saturated heterocycles. The second-order valence-corrected chi connectivity index (χ2v) is 11.0. The van der Waals surface area contributed by atoms with Crippen molar-refractivity contribution in [3.05, 3.63) is 71.9 Å². The Morgan fingerprint density at radius 3 is 2.64 bits per heavy atom. The molecular weight excluding hydrogens is 494 g/mol. The third-order valence-electron chi connectivity index (χ3n) is 7.23. The van der Waals surface area contributed by atoms with Crippen LogP contribution in [-0.2, 0) is 0 Å². The van der Waals surface area contributed by atoms with Crippen LogP contribution < -0.4 is 9.64 Å². The maximum Gasteiger partial charge on any atom is 0.256 e. The lowest BCUT2D eigenvalue weighted by molar-refractivity contribution is 0.00571. The van der Waals surface area contributed by atoms with Gasteiger partial charge in [-0.05, 0) is 57.0 Å². The van der Waals surface area contributed by atoms with Crippen LogP contribution in [0.1, 0.15) is 41.8 Å². The molecule has 7 heterocycles. The number of rotatable bonds is 6. The summed E-state index contributed by atoms with van der Waals surface area (Å²) in [7, 11) is 0. The molecule has 0 radical (unpaired) electrons. The Balaban J connectivity index is 1.23. The Kier molecular flexibility index (Phi) is 5.96. The number of carbonyl (C=O) groups excluding carboxylic acids is 1. The molecule has 0 aromatic carbocycles. The number of piperidine rings is 1. The van der Waals surface area contributed by atoms with E-state index >= 15 is 0 Å². The summed E-state index contributed by atoms with van der Waals surface area (Å²) < 4.78 is 7.45. The van der Waals surface area contributed by atoms with Crippen LogP contribution in [0.2, 0.25) is 0 Å². The van der Waals surface area contributed by atoms with Crippen molar-refractivity contribution in [2.75, 3.05) is 24.6 Å². The molecule has 0 aliphatic carbocycles. The zero-order valence-electron chi connectivity index (χ0n) is 22.1. The molecule has 1 amide bonds. The van der Waals surface area contributed by atoms with Crippen molar-refractivity contribution in [3.8, 4) is 22.9 Å². The maximum absolute atomic E-state index is 13.1. The van der Waals surface area contributed by atoms with E-state index in [1.165, 1.54) is 6.20 Å². The average Bonchev–Trinajstić information content (AvgIpc) is 3.34. The number of aliphatic hydroxyl groups is 1. The molecule has 4 aromatic heterocycles. The summed E-state index contributed by atoms with van der Waals surface area (Å²) in [6.45, 7) is 6.85. The van der Waals surface area contributed by atoms with Crippen molar-refractivity contribution in [3.63, 3.8) is 0 Å². The highest BCUT2D eigenvalue weighted by molar-refractivity contribution is 5.95. The van der Waals surface area contributed by atoms with E-state index in [9.17, 15) is 15.2 Å². The lowest BCUT2D eigenvalue weighted by Crippen LogP contribution is -2.70. The van der Waals surface area contributed by atoms with Gasteiger partial charge in [-0.1, -0.05) is 0 Å². The summed E-state index contributed by atoms with van der Waals surface area (Å²) in [6.07, 6.45) is 9.41. The van der Waals surface area contributed by atoms with Crippen molar-refractivity contribution >= 4 is 17.2 Å². The molecule has 10 nitrogen and oxygen atoms in total. The minimum absolute atomic E-state index is 0.0419. The number of aryl methyl sites for hydroxylation is 1. The van der Waals surface area contributed by atoms with E-state index in [2.05, 4.69) is 21.1 Å². The normalized spacial score (nSPS) is 18.5. The molecule has 10 heteroatoms. The number of amides is 1. The van der Waals surface area contributed by atoms with Gasteiger partial charge in [-0.3, -0.25) is 9.78 Å². The minimum atomic E-state index is -0.994. The van der Waals surface area contributed by atoms with E-state index in [1.807, 2.05) is 36.1 Å². The van der Waals surface area contributed by atoms with Crippen LogP contribution in [0.15, 0.2) is 55.2 Å². The van der Waals surface area contributed by atoms with E-state index in [4.69, 9.17) is 9.72 Å². The number of hydrogen-bond acceptors (Lipinski definition) is 8.